The van der Waals surface area contributed by atoms with Crippen LogP contribution in [0, 0.1) is 0 Å². The van der Waals surface area contributed by atoms with Crippen molar-refractivity contribution in [3.63, 3.8) is 0 Å². The SMILES string of the molecule is C=CCOc1ccc(C=CC(=O)NC(C)c2nc(-c3cccnc3)cs2)cc1OC. The molecule has 154 valence electrons. The molecule has 30 heavy (non-hydrogen) atoms. The number of pyridine rings is 1. The van der Waals surface area contributed by atoms with Gasteiger partial charge in [-0.05, 0) is 42.8 Å². The van der Waals surface area contributed by atoms with Crippen LogP contribution in [-0.2, 0) is 4.79 Å². The average Bonchev–Trinajstić information content (AvgIpc) is 3.27. The molecular formula is C23H23N3O3S. The molecular weight excluding hydrogens is 398 g/mol. The topological polar surface area (TPSA) is 73.3 Å². The van der Waals surface area contributed by atoms with E-state index >= 15 is 0 Å². The van der Waals surface area contributed by atoms with Gasteiger partial charge >= 0.3 is 0 Å². The van der Waals surface area contributed by atoms with Gasteiger partial charge in [-0.25, -0.2) is 4.98 Å². The fourth-order valence-electron chi connectivity index (χ4n) is 2.68. The molecule has 0 saturated heterocycles. The number of methoxy groups -OCH3 is 1. The Morgan fingerprint density at radius 2 is 2.20 bits per heavy atom. The standard InChI is InChI=1S/C23H23N3O3S/c1-4-12-29-20-9-7-17(13-21(20)28-3)8-10-22(27)25-16(2)23-26-19(15-30-23)18-6-5-11-24-14-18/h4-11,13-16H,1,12H2,2-3H3,(H,25,27). The van der Waals surface area contributed by atoms with Crippen molar-refractivity contribution in [2.45, 2.75) is 13.0 Å². The molecule has 6 nitrogen and oxygen atoms in total. The first-order valence-electron chi connectivity index (χ1n) is 9.37. The van der Waals surface area contributed by atoms with E-state index in [0.29, 0.717) is 18.1 Å². The number of aromatic nitrogens is 2. The molecule has 1 aromatic carbocycles. The molecule has 0 aliphatic carbocycles. The number of nitrogens with one attached hydrogen (secondary N) is 1. The van der Waals surface area contributed by atoms with Crippen molar-refractivity contribution < 1.29 is 14.3 Å². The van der Waals surface area contributed by atoms with Gasteiger partial charge in [0.1, 0.15) is 11.6 Å². The minimum Gasteiger partial charge on any atom is -0.493 e. The molecule has 2 aromatic heterocycles. The van der Waals surface area contributed by atoms with Crippen LogP contribution in [0.1, 0.15) is 23.5 Å². The number of benzene rings is 1. The van der Waals surface area contributed by atoms with Crippen LogP contribution in [0.2, 0.25) is 0 Å². The summed E-state index contributed by atoms with van der Waals surface area (Å²) in [6.07, 6.45) is 8.38. The van der Waals surface area contributed by atoms with Gasteiger partial charge in [-0.2, -0.15) is 0 Å². The highest BCUT2D eigenvalue weighted by Gasteiger charge is 2.13. The van der Waals surface area contributed by atoms with Gasteiger partial charge in [0.05, 0.1) is 18.8 Å². The largest absolute Gasteiger partial charge is 0.493 e. The molecule has 7 heteroatoms. The van der Waals surface area contributed by atoms with E-state index in [4.69, 9.17) is 9.47 Å². The summed E-state index contributed by atoms with van der Waals surface area (Å²) in [6.45, 7) is 5.93. The van der Waals surface area contributed by atoms with Crippen LogP contribution in [0.3, 0.4) is 0 Å². The van der Waals surface area contributed by atoms with Crippen LogP contribution in [-0.4, -0.2) is 29.6 Å². The van der Waals surface area contributed by atoms with Gasteiger partial charge in [0.15, 0.2) is 11.5 Å². The second kappa shape index (κ2) is 10.4. The highest BCUT2D eigenvalue weighted by molar-refractivity contribution is 7.10. The van der Waals surface area contributed by atoms with E-state index in [9.17, 15) is 4.79 Å². The number of carbonyl (C=O) groups is 1. The van der Waals surface area contributed by atoms with Crippen LogP contribution < -0.4 is 14.8 Å². The van der Waals surface area contributed by atoms with Crippen molar-refractivity contribution in [3.05, 3.63) is 77.4 Å². The third-order valence-electron chi connectivity index (χ3n) is 4.18. The molecule has 0 aliphatic heterocycles. The summed E-state index contributed by atoms with van der Waals surface area (Å²) in [4.78, 5) is 21.1. The lowest BCUT2D eigenvalue weighted by Crippen LogP contribution is -2.24. The van der Waals surface area contributed by atoms with Gasteiger partial charge in [0.25, 0.3) is 0 Å². The fourth-order valence-corrected chi connectivity index (χ4v) is 3.52. The van der Waals surface area contributed by atoms with Crippen LogP contribution in [0.4, 0.5) is 0 Å². The molecule has 0 saturated carbocycles. The average molecular weight is 422 g/mol. The van der Waals surface area contributed by atoms with Crippen molar-refractivity contribution in [3.8, 4) is 22.8 Å². The molecule has 0 radical (unpaired) electrons. The summed E-state index contributed by atoms with van der Waals surface area (Å²) in [5.41, 5.74) is 2.63. The van der Waals surface area contributed by atoms with E-state index in [1.807, 2.05) is 36.6 Å². The summed E-state index contributed by atoms with van der Waals surface area (Å²) < 4.78 is 10.9. The quantitative estimate of drug-likeness (QED) is 0.401. The number of nitrogens with zero attached hydrogens (tertiary/aromatic N) is 2. The molecule has 1 amide bonds. The molecule has 1 N–H and O–H groups in total. The number of ether oxygens (including phenoxy) is 2. The van der Waals surface area contributed by atoms with Crippen molar-refractivity contribution in [1.82, 2.24) is 15.3 Å². The molecule has 0 aliphatic rings. The molecule has 3 aromatic rings. The number of amides is 1. The summed E-state index contributed by atoms with van der Waals surface area (Å²) in [5.74, 6) is 1.02. The zero-order valence-corrected chi connectivity index (χ0v) is 17.7. The number of thiazole rings is 1. The summed E-state index contributed by atoms with van der Waals surface area (Å²) in [7, 11) is 1.58. The third kappa shape index (κ3) is 5.55. The van der Waals surface area contributed by atoms with E-state index in [2.05, 4.69) is 21.9 Å². The van der Waals surface area contributed by atoms with Crippen LogP contribution >= 0.6 is 11.3 Å². The Morgan fingerprint density at radius 1 is 1.33 bits per heavy atom. The molecule has 0 fully saturated rings. The monoisotopic (exact) mass is 421 g/mol. The number of carbonyl (C=O) groups excluding carboxylic acids is 1. The molecule has 0 bridgehead atoms. The predicted octanol–water partition coefficient (Wildman–Crippen LogP) is 4.67. The van der Waals surface area contributed by atoms with Gasteiger partial charge in [-0.15, -0.1) is 11.3 Å². The Morgan fingerprint density at radius 3 is 2.93 bits per heavy atom. The van der Waals surface area contributed by atoms with E-state index < -0.39 is 0 Å². The van der Waals surface area contributed by atoms with Gasteiger partial charge in [-0.3, -0.25) is 9.78 Å². The first kappa shape index (κ1) is 21.3. The zero-order chi connectivity index (χ0) is 21.3. The van der Waals surface area contributed by atoms with Gasteiger partial charge in [-0.1, -0.05) is 18.7 Å². The van der Waals surface area contributed by atoms with E-state index in [-0.39, 0.29) is 11.9 Å². The second-order valence-corrected chi connectivity index (χ2v) is 7.28. The summed E-state index contributed by atoms with van der Waals surface area (Å²) >= 11 is 1.51. The van der Waals surface area contributed by atoms with Crippen LogP contribution in [0.15, 0.2) is 66.8 Å². The molecule has 1 atom stereocenters. The minimum absolute atomic E-state index is 0.202. The predicted molar refractivity (Wildman–Crippen MR) is 120 cm³/mol. The second-order valence-electron chi connectivity index (χ2n) is 6.39. The zero-order valence-electron chi connectivity index (χ0n) is 16.9. The fraction of sp³-hybridized carbons (Fsp3) is 0.174. The summed E-state index contributed by atoms with van der Waals surface area (Å²) in [5, 5.41) is 5.74. The lowest BCUT2D eigenvalue weighted by atomic mass is 10.2. The first-order chi connectivity index (χ1) is 14.6. The summed E-state index contributed by atoms with van der Waals surface area (Å²) in [6, 6.07) is 9.10. The maximum Gasteiger partial charge on any atom is 0.244 e. The van der Waals surface area contributed by atoms with Gasteiger partial charge in [0, 0.05) is 29.4 Å². The number of hydrogen-bond donors (Lipinski definition) is 1. The van der Waals surface area contributed by atoms with Crippen molar-refractivity contribution in [2.75, 3.05) is 13.7 Å². The maximum absolute atomic E-state index is 12.3. The number of hydrogen-bond acceptors (Lipinski definition) is 6. The Bertz CT molecular complexity index is 1030. The Balaban J connectivity index is 1.62. The number of rotatable bonds is 9. The van der Waals surface area contributed by atoms with Gasteiger partial charge < -0.3 is 14.8 Å². The molecule has 3 rings (SSSR count). The first-order valence-corrected chi connectivity index (χ1v) is 10.2. The van der Waals surface area contributed by atoms with Crippen LogP contribution in [0.5, 0.6) is 11.5 Å². The smallest absolute Gasteiger partial charge is 0.244 e. The highest BCUT2D eigenvalue weighted by atomic mass is 32.1. The highest BCUT2D eigenvalue weighted by Crippen LogP contribution is 2.28. The van der Waals surface area contributed by atoms with E-state index in [0.717, 1.165) is 21.8 Å². The minimum atomic E-state index is -0.207. The normalized spacial score (nSPS) is 11.8. The third-order valence-corrected chi connectivity index (χ3v) is 5.21. The van der Waals surface area contributed by atoms with Crippen LogP contribution in [0.25, 0.3) is 17.3 Å². The Kier molecular flexibility index (Phi) is 7.34. The van der Waals surface area contributed by atoms with Crippen molar-refractivity contribution in [2.24, 2.45) is 0 Å². The van der Waals surface area contributed by atoms with Gasteiger partial charge in [0.2, 0.25) is 5.91 Å². The Labute approximate surface area is 179 Å². The molecule has 0 spiro atoms. The molecule has 2 heterocycles. The van der Waals surface area contributed by atoms with Crippen molar-refractivity contribution >= 4 is 23.3 Å². The van der Waals surface area contributed by atoms with E-state index in [1.165, 1.54) is 17.4 Å². The van der Waals surface area contributed by atoms with E-state index in [1.54, 1.807) is 37.7 Å². The molecule has 1 unspecified atom stereocenters. The van der Waals surface area contributed by atoms with Crippen molar-refractivity contribution in [1.29, 1.82) is 0 Å². The lowest BCUT2D eigenvalue weighted by Gasteiger charge is -2.10. The lowest BCUT2D eigenvalue weighted by molar-refractivity contribution is -0.117. The Hall–Kier alpha value is -3.45. The maximum atomic E-state index is 12.3.